The Kier molecular flexibility index (Phi) is 7.99. The number of carbonyl (C=O) groups is 1. The highest BCUT2D eigenvalue weighted by Crippen LogP contribution is 2.19. The molecule has 5 nitrogen and oxygen atoms in total. The van der Waals surface area contributed by atoms with Crippen molar-refractivity contribution in [1.29, 1.82) is 0 Å². The molecule has 5 heteroatoms. The molecule has 0 bridgehead atoms. The summed E-state index contributed by atoms with van der Waals surface area (Å²) in [5.74, 6) is 0.801. The molecule has 0 atom stereocenters. The Morgan fingerprint density at radius 2 is 2.09 bits per heavy atom. The van der Waals surface area contributed by atoms with Gasteiger partial charge in [-0.25, -0.2) is 0 Å². The molecule has 0 unspecified atom stereocenters. The highest BCUT2D eigenvalue weighted by molar-refractivity contribution is 5.83. The van der Waals surface area contributed by atoms with Gasteiger partial charge in [-0.2, -0.15) is 0 Å². The maximum absolute atomic E-state index is 11.8. The van der Waals surface area contributed by atoms with Gasteiger partial charge in [-0.05, 0) is 52.9 Å². The normalized spacial score (nSPS) is 16.0. The van der Waals surface area contributed by atoms with Crippen molar-refractivity contribution in [3.8, 4) is 0 Å². The maximum atomic E-state index is 11.8. The Morgan fingerprint density at radius 3 is 2.68 bits per heavy atom. The fourth-order valence-corrected chi connectivity index (χ4v) is 2.50. The average Bonchev–Trinajstić information content (AvgIpc) is 2.52. The van der Waals surface area contributed by atoms with E-state index in [1.165, 1.54) is 25.7 Å². The summed E-state index contributed by atoms with van der Waals surface area (Å²) in [7, 11) is 1.66. The van der Waals surface area contributed by atoms with E-state index in [9.17, 15) is 4.79 Å². The first-order valence-electron chi connectivity index (χ1n) is 8.42. The van der Waals surface area contributed by atoms with Crippen molar-refractivity contribution in [2.45, 2.75) is 52.9 Å². The van der Waals surface area contributed by atoms with Crippen LogP contribution in [0.15, 0.2) is 16.6 Å². The van der Waals surface area contributed by atoms with Crippen LogP contribution in [0.4, 0.5) is 0 Å². The van der Waals surface area contributed by atoms with Crippen LogP contribution in [0.3, 0.4) is 0 Å². The second-order valence-electron chi connectivity index (χ2n) is 6.44. The lowest BCUT2D eigenvalue weighted by Crippen LogP contribution is -2.41. The molecule has 1 aliphatic carbocycles. The number of nitrogens with zero attached hydrogens (tertiary/aromatic N) is 1. The predicted octanol–water partition coefficient (Wildman–Crippen LogP) is 2.20. The molecule has 0 saturated heterocycles. The minimum absolute atomic E-state index is 0.0134. The quantitative estimate of drug-likeness (QED) is 0.384. The molecule has 22 heavy (non-hydrogen) atoms. The zero-order chi connectivity index (χ0) is 16.4. The number of rotatable bonds is 7. The molecule has 0 aromatic carbocycles. The Balaban J connectivity index is 2.47. The average molecular weight is 308 g/mol. The second-order valence-corrected chi connectivity index (χ2v) is 6.44. The molecule has 1 aliphatic rings. The first-order chi connectivity index (χ1) is 10.5. The van der Waals surface area contributed by atoms with Crippen LogP contribution in [0.5, 0.6) is 0 Å². The van der Waals surface area contributed by atoms with Gasteiger partial charge in [0.25, 0.3) is 0 Å². The number of hydrogen-bond acceptors (Lipinski definition) is 2. The number of allylic oxidation sites excluding steroid dienone is 1. The van der Waals surface area contributed by atoms with Crippen LogP contribution >= 0.6 is 0 Å². The van der Waals surface area contributed by atoms with Gasteiger partial charge in [-0.15, -0.1) is 0 Å². The summed E-state index contributed by atoms with van der Waals surface area (Å²) < 4.78 is 0. The monoisotopic (exact) mass is 308 g/mol. The van der Waals surface area contributed by atoms with E-state index in [2.05, 4.69) is 27.0 Å². The molecule has 0 fully saturated rings. The molecule has 0 saturated carbocycles. The minimum atomic E-state index is -0.497. The third-order valence-electron chi connectivity index (χ3n) is 3.94. The van der Waals surface area contributed by atoms with E-state index in [1.807, 2.05) is 20.8 Å². The van der Waals surface area contributed by atoms with E-state index >= 15 is 0 Å². The summed E-state index contributed by atoms with van der Waals surface area (Å²) in [5.41, 5.74) is 1.06. The van der Waals surface area contributed by atoms with Crippen molar-refractivity contribution < 1.29 is 4.79 Å². The van der Waals surface area contributed by atoms with E-state index in [0.29, 0.717) is 6.54 Å². The number of amides is 1. The smallest absolute Gasteiger partial charge is 0.227 e. The fraction of sp³-hybridized carbons (Fsp3) is 0.765. The molecule has 0 aliphatic heterocycles. The predicted molar refractivity (Wildman–Crippen MR) is 93.0 cm³/mol. The lowest BCUT2D eigenvalue weighted by atomic mass is 9.93. The summed E-state index contributed by atoms with van der Waals surface area (Å²) >= 11 is 0. The van der Waals surface area contributed by atoms with Crippen molar-refractivity contribution >= 4 is 11.9 Å². The molecule has 0 radical (unpaired) electrons. The molecule has 1 amide bonds. The second kappa shape index (κ2) is 9.49. The van der Waals surface area contributed by atoms with Crippen LogP contribution in [0.2, 0.25) is 0 Å². The standard InChI is InChI=1S/C17H32N4O/c1-5-19-16(21-13-17(2,3)15(22)18-4)20-12-11-14-9-7-6-8-10-14/h9H,5-8,10-13H2,1-4H3,(H,18,22)(H2,19,20,21). The summed E-state index contributed by atoms with van der Waals surface area (Å²) in [5, 5.41) is 9.29. The largest absolute Gasteiger partial charge is 0.359 e. The summed E-state index contributed by atoms with van der Waals surface area (Å²) in [4.78, 5) is 16.3. The van der Waals surface area contributed by atoms with E-state index in [4.69, 9.17) is 0 Å². The summed E-state index contributed by atoms with van der Waals surface area (Å²) in [6, 6.07) is 0. The van der Waals surface area contributed by atoms with Gasteiger partial charge < -0.3 is 16.0 Å². The third kappa shape index (κ3) is 6.50. The Bertz CT molecular complexity index is 413. The highest BCUT2D eigenvalue weighted by atomic mass is 16.2. The van der Waals surface area contributed by atoms with Crippen LogP contribution in [0, 0.1) is 5.41 Å². The van der Waals surface area contributed by atoms with Crippen LogP contribution in [-0.2, 0) is 4.79 Å². The topological polar surface area (TPSA) is 65.5 Å². The number of nitrogens with one attached hydrogen (secondary N) is 3. The number of carbonyl (C=O) groups excluding carboxylic acids is 1. The molecular weight excluding hydrogens is 276 g/mol. The first-order valence-corrected chi connectivity index (χ1v) is 8.42. The maximum Gasteiger partial charge on any atom is 0.227 e. The Labute approximate surface area is 135 Å². The SMILES string of the molecule is CCNC(=NCC(C)(C)C(=O)NC)NCCC1=CCCCC1. The molecule has 1 rings (SSSR count). The molecular formula is C17H32N4O. The van der Waals surface area contributed by atoms with Gasteiger partial charge in [0.2, 0.25) is 5.91 Å². The Hall–Kier alpha value is -1.52. The Morgan fingerprint density at radius 1 is 1.32 bits per heavy atom. The molecule has 0 heterocycles. The molecule has 0 spiro atoms. The van der Waals surface area contributed by atoms with Gasteiger partial charge in [0, 0.05) is 20.1 Å². The van der Waals surface area contributed by atoms with Crippen molar-refractivity contribution in [1.82, 2.24) is 16.0 Å². The first kappa shape index (κ1) is 18.5. The van der Waals surface area contributed by atoms with E-state index < -0.39 is 5.41 Å². The van der Waals surface area contributed by atoms with Gasteiger partial charge in [0.1, 0.15) is 0 Å². The zero-order valence-electron chi connectivity index (χ0n) is 14.6. The van der Waals surface area contributed by atoms with Gasteiger partial charge in [-0.3, -0.25) is 9.79 Å². The van der Waals surface area contributed by atoms with Crippen LogP contribution in [0.1, 0.15) is 52.9 Å². The fourth-order valence-electron chi connectivity index (χ4n) is 2.50. The third-order valence-corrected chi connectivity index (χ3v) is 3.94. The number of aliphatic imine (C=N–C) groups is 1. The van der Waals surface area contributed by atoms with Gasteiger partial charge in [0.15, 0.2) is 5.96 Å². The minimum Gasteiger partial charge on any atom is -0.359 e. The summed E-state index contributed by atoms with van der Waals surface area (Å²) in [6.45, 7) is 8.03. The number of hydrogen-bond donors (Lipinski definition) is 3. The highest BCUT2D eigenvalue weighted by Gasteiger charge is 2.26. The molecule has 0 aromatic rings. The van der Waals surface area contributed by atoms with Gasteiger partial charge in [0.05, 0.1) is 12.0 Å². The van der Waals surface area contributed by atoms with Crippen molar-refractivity contribution in [2.24, 2.45) is 10.4 Å². The lowest BCUT2D eigenvalue weighted by Gasteiger charge is -2.21. The van der Waals surface area contributed by atoms with Crippen molar-refractivity contribution in [3.63, 3.8) is 0 Å². The molecule has 0 aromatic heterocycles. The van der Waals surface area contributed by atoms with Crippen LogP contribution in [0.25, 0.3) is 0 Å². The summed E-state index contributed by atoms with van der Waals surface area (Å²) in [6.07, 6.45) is 8.56. The molecule has 126 valence electrons. The van der Waals surface area contributed by atoms with Crippen LogP contribution in [-0.4, -0.2) is 38.5 Å². The van der Waals surface area contributed by atoms with Gasteiger partial charge >= 0.3 is 0 Å². The van der Waals surface area contributed by atoms with E-state index in [1.54, 1.807) is 12.6 Å². The van der Waals surface area contributed by atoms with E-state index in [0.717, 1.165) is 25.5 Å². The lowest BCUT2D eigenvalue weighted by molar-refractivity contribution is -0.128. The van der Waals surface area contributed by atoms with Crippen molar-refractivity contribution in [2.75, 3.05) is 26.7 Å². The number of guanidine groups is 1. The zero-order valence-corrected chi connectivity index (χ0v) is 14.6. The van der Waals surface area contributed by atoms with Gasteiger partial charge in [-0.1, -0.05) is 11.6 Å². The molecule has 3 N–H and O–H groups in total. The van der Waals surface area contributed by atoms with E-state index in [-0.39, 0.29) is 5.91 Å². The van der Waals surface area contributed by atoms with Crippen LogP contribution < -0.4 is 16.0 Å². The van der Waals surface area contributed by atoms with Crippen molar-refractivity contribution in [3.05, 3.63) is 11.6 Å².